The molecule has 1 aliphatic rings. The molecule has 3 rings (SSSR count). The van der Waals surface area contributed by atoms with Crippen molar-refractivity contribution in [2.45, 2.75) is 103 Å². The van der Waals surface area contributed by atoms with E-state index in [1.54, 1.807) is 0 Å². The number of ether oxygens (including phenoxy) is 1. The van der Waals surface area contributed by atoms with Crippen LogP contribution in [0.25, 0.3) is 0 Å². The first-order valence-electron chi connectivity index (χ1n) is 13.8. The van der Waals surface area contributed by atoms with Gasteiger partial charge in [0.15, 0.2) is 8.32 Å². The number of aldehydes is 1. The largest absolute Gasteiger partial charge is 0.413 e. The molecule has 1 saturated heterocycles. The van der Waals surface area contributed by atoms with E-state index in [1.807, 2.05) is 0 Å². The molecule has 0 saturated carbocycles. The van der Waals surface area contributed by atoms with Gasteiger partial charge < -0.3 is 18.4 Å². The lowest BCUT2D eigenvalue weighted by molar-refractivity contribution is -0.148. The molecule has 204 valence electrons. The van der Waals surface area contributed by atoms with Crippen LogP contribution in [-0.4, -0.2) is 47.8 Å². The third-order valence-electron chi connectivity index (χ3n) is 8.51. The molecule has 4 nitrogen and oxygen atoms in total. The van der Waals surface area contributed by atoms with Crippen LogP contribution in [0.1, 0.15) is 61.3 Å². The Kier molecular flexibility index (Phi) is 9.45. The number of rotatable bonds is 9. The van der Waals surface area contributed by atoms with Crippen molar-refractivity contribution in [1.82, 2.24) is 0 Å². The summed E-state index contributed by atoms with van der Waals surface area (Å²) in [6.45, 7) is 20.9. The molecule has 0 spiro atoms. The maximum absolute atomic E-state index is 12.0. The fraction of sp³-hybridized carbons (Fsp3) is 0.581. The van der Waals surface area contributed by atoms with Crippen LogP contribution in [0.2, 0.25) is 23.2 Å². The number of benzene rings is 2. The van der Waals surface area contributed by atoms with Crippen molar-refractivity contribution in [3.63, 3.8) is 0 Å². The zero-order chi connectivity index (χ0) is 27.5. The molecular formula is C31H48O4Si2. The number of hydrogen-bond acceptors (Lipinski definition) is 4. The first-order valence-corrected chi connectivity index (χ1v) is 18.6. The molecule has 0 aromatic heterocycles. The molecule has 4 atom stereocenters. The molecule has 0 N–H and O–H groups in total. The number of hydrogen-bond donors (Lipinski definition) is 0. The van der Waals surface area contributed by atoms with Gasteiger partial charge in [0, 0.05) is 12.5 Å². The van der Waals surface area contributed by atoms with Crippen LogP contribution in [0.3, 0.4) is 0 Å². The van der Waals surface area contributed by atoms with E-state index in [2.05, 4.69) is 122 Å². The summed E-state index contributed by atoms with van der Waals surface area (Å²) in [6, 6.07) is 21.4. The number of carbonyl (C=O) groups is 1. The van der Waals surface area contributed by atoms with Crippen LogP contribution >= 0.6 is 0 Å². The van der Waals surface area contributed by atoms with Crippen molar-refractivity contribution in [3.8, 4) is 0 Å². The Morgan fingerprint density at radius 3 is 1.84 bits per heavy atom. The molecule has 2 aromatic rings. The van der Waals surface area contributed by atoms with Gasteiger partial charge in [0.2, 0.25) is 0 Å². The van der Waals surface area contributed by atoms with Crippen molar-refractivity contribution in [1.29, 1.82) is 0 Å². The average Bonchev–Trinajstić information content (AvgIpc) is 2.83. The van der Waals surface area contributed by atoms with Gasteiger partial charge in [-0.3, -0.25) is 0 Å². The summed E-state index contributed by atoms with van der Waals surface area (Å²) in [4.78, 5) is 12.0. The zero-order valence-corrected chi connectivity index (χ0v) is 26.4. The van der Waals surface area contributed by atoms with E-state index < -0.39 is 22.7 Å². The Morgan fingerprint density at radius 2 is 1.41 bits per heavy atom. The summed E-state index contributed by atoms with van der Waals surface area (Å²) in [7, 11) is -4.58. The highest BCUT2D eigenvalue weighted by molar-refractivity contribution is 6.99. The standard InChI is InChI=1S/C31H48O4Si2/c1-24-28(35-36(8,9)30(2,3)4)22-25(34-29(24)23-32)20-21-33-37(31(5,6)7,26-16-12-10-13-17-26)27-18-14-11-15-19-27/h10-19,23-25,28-29H,20-22H2,1-9H3/t24-,25+,28+,29-/m0/s1. The molecule has 1 aliphatic heterocycles. The highest BCUT2D eigenvalue weighted by Crippen LogP contribution is 2.41. The van der Waals surface area contributed by atoms with E-state index in [0.29, 0.717) is 6.61 Å². The Hall–Kier alpha value is -1.58. The minimum atomic E-state index is -2.60. The Morgan fingerprint density at radius 1 is 0.892 bits per heavy atom. The molecule has 0 amide bonds. The van der Waals surface area contributed by atoms with Gasteiger partial charge in [-0.1, -0.05) is 109 Å². The van der Waals surface area contributed by atoms with Gasteiger partial charge in [-0.2, -0.15) is 0 Å². The lowest BCUT2D eigenvalue weighted by Gasteiger charge is -2.46. The van der Waals surface area contributed by atoms with Crippen molar-refractivity contribution in [2.24, 2.45) is 5.92 Å². The van der Waals surface area contributed by atoms with Gasteiger partial charge >= 0.3 is 0 Å². The Balaban J connectivity index is 1.84. The van der Waals surface area contributed by atoms with Crippen molar-refractivity contribution >= 4 is 33.3 Å². The highest BCUT2D eigenvalue weighted by atomic mass is 28.4. The summed E-state index contributed by atoms with van der Waals surface area (Å²) < 4.78 is 20.2. The summed E-state index contributed by atoms with van der Waals surface area (Å²) in [5.41, 5.74) is 0. The second-order valence-corrected chi connectivity index (χ2v) is 22.2. The fourth-order valence-corrected chi connectivity index (χ4v) is 11.2. The predicted octanol–water partition coefficient (Wildman–Crippen LogP) is 6.34. The topological polar surface area (TPSA) is 44.8 Å². The van der Waals surface area contributed by atoms with Gasteiger partial charge in [-0.25, -0.2) is 0 Å². The predicted molar refractivity (Wildman–Crippen MR) is 159 cm³/mol. The summed E-state index contributed by atoms with van der Waals surface area (Å²) in [5.74, 6) is 0.0421. The molecular weight excluding hydrogens is 493 g/mol. The highest BCUT2D eigenvalue weighted by Gasteiger charge is 2.50. The maximum atomic E-state index is 12.0. The fourth-order valence-electron chi connectivity index (χ4n) is 5.24. The SMILES string of the molecule is C[C@@H]1[C@H](C=O)O[C@H](CCO[Si](c2ccccc2)(c2ccccc2)C(C)(C)C)C[C@H]1O[Si](C)(C)C(C)(C)C. The van der Waals surface area contributed by atoms with Gasteiger partial charge in [0.05, 0.1) is 12.2 Å². The van der Waals surface area contributed by atoms with E-state index in [0.717, 1.165) is 19.1 Å². The average molecular weight is 541 g/mol. The van der Waals surface area contributed by atoms with Gasteiger partial charge in [-0.15, -0.1) is 0 Å². The van der Waals surface area contributed by atoms with Crippen LogP contribution < -0.4 is 10.4 Å². The van der Waals surface area contributed by atoms with Crippen LogP contribution in [-0.2, 0) is 18.4 Å². The van der Waals surface area contributed by atoms with Gasteiger partial charge in [0.1, 0.15) is 12.4 Å². The molecule has 0 bridgehead atoms. The van der Waals surface area contributed by atoms with Crippen molar-refractivity contribution in [3.05, 3.63) is 60.7 Å². The van der Waals surface area contributed by atoms with E-state index >= 15 is 0 Å². The molecule has 37 heavy (non-hydrogen) atoms. The Labute approximate surface area is 227 Å². The smallest absolute Gasteiger partial charge is 0.261 e. The lowest BCUT2D eigenvalue weighted by Crippen LogP contribution is -2.66. The first-order chi connectivity index (χ1) is 17.2. The van der Waals surface area contributed by atoms with Gasteiger partial charge in [0.25, 0.3) is 8.32 Å². The molecule has 0 aliphatic carbocycles. The summed E-state index contributed by atoms with van der Waals surface area (Å²) in [6.07, 6.45) is 1.99. The van der Waals surface area contributed by atoms with E-state index in [1.165, 1.54) is 10.4 Å². The first kappa shape index (κ1) is 30.0. The molecule has 6 heteroatoms. The maximum Gasteiger partial charge on any atom is 0.261 e. The normalized spacial score (nSPS) is 23.6. The summed E-state index contributed by atoms with van der Waals surface area (Å²) >= 11 is 0. The van der Waals surface area contributed by atoms with Crippen LogP contribution in [0.15, 0.2) is 60.7 Å². The Bertz CT molecular complexity index is 956. The molecule has 0 unspecified atom stereocenters. The zero-order valence-electron chi connectivity index (χ0n) is 24.4. The summed E-state index contributed by atoms with van der Waals surface area (Å²) in [5, 5.41) is 2.59. The second kappa shape index (κ2) is 11.7. The third kappa shape index (κ3) is 6.53. The number of carbonyl (C=O) groups excluding carboxylic acids is 1. The molecule has 1 heterocycles. The molecule has 0 radical (unpaired) electrons. The minimum absolute atomic E-state index is 0.0164. The molecule has 1 fully saturated rings. The van der Waals surface area contributed by atoms with Crippen molar-refractivity contribution < 1.29 is 18.4 Å². The monoisotopic (exact) mass is 540 g/mol. The van der Waals surface area contributed by atoms with Crippen LogP contribution in [0.5, 0.6) is 0 Å². The minimum Gasteiger partial charge on any atom is -0.413 e. The molecule has 2 aromatic carbocycles. The second-order valence-electron chi connectivity index (χ2n) is 13.2. The van der Waals surface area contributed by atoms with Crippen LogP contribution in [0, 0.1) is 5.92 Å². The van der Waals surface area contributed by atoms with Crippen LogP contribution in [0.4, 0.5) is 0 Å². The quantitative estimate of drug-likeness (QED) is 0.275. The van der Waals surface area contributed by atoms with Crippen molar-refractivity contribution in [2.75, 3.05) is 6.61 Å². The van der Waals surface area contributed by atoms with Gasteiger partial charge in [-0.05, 0) is 46.4 Å². The lowest BCUT2D eigenvalue weighted by atomic mass is 9.90. The third-order valence-corrected chi connectivity index (χ3v) is 18.1. The van der Waals surface area contributed by atoms with E-state index in [4.69, 9.17) is 13.6 Å². The van der Waals surface area contributed by atoms with E-state index in [9.17, 15) is 4.79 Å². The van der Waals surface area contributed by atoms with E-state index in [-0.39, 0.29) is 28.2 Å².